The van der Waals surface area contributed by atoms with Crippen LogP contribution in [0.5, 0.6) is 5.75 Å². The molecule has 3 aliphatic rings. The van der Waals surface area contributed by atoms with Crippen molar-refractivity contribution in [3.8, 4) is 5.75 Å². The number of non-ortho nitro benzene ring substituents is 1. The normalized spacial score (nSPS) is 25.3. The molecule has 2 aromatic carbocycles. The van der Waals surface area contributed by atoms with Gasteiger partial charge in [0.15, 0.2) is 0 Å². The van der Waals surface area contributed by atoms with Gasteiger partial charge in [-0.15, -0.1) is 0 Å². The predicted octanol–water partition coefficient (Wildman–Crippen LogP) is 4.85. The standard InChI is InChI=1S/C26H29N3O3/c1-32-20-5-2-4-18(12-20)26-10-11-28(15-17-8-9-17)16-19(26)13-22-21-6-3-7-24(29(30)31)25(21)27-23(22)14-26/h2-7,12,17,19,27H,8-11,13-16H2,1H3. The molecule has 166 valence electrons. The topological polar surface area (TPSA) is 71.4 Å². The number of H-pyrrole nitrogens is 1. The van der Waals surface area contributed by atoms with Crippen molar-refractivity contribution in [3.63, 3.8) is 0 Å². The molecular weight excluding hydrogens is 402 g/mol. The van der Waals surface area contributed by atoms with Crippen LogP contribution in [-0.2, 0) is 18.3 Å². The smallest absolute Gasteiger partial charge is 0.293 e. The van der Waals surface area contributed by atoms with Crippen molar-refractivity contribution >= 4 is 16.6 Å². The van der Waals surface area contributed by atoms with E-state index in [0.717, 1.165) is 49.4 Å². The Labute approximate surface area is 187 Å². The summed E-state index contributed by atoms with van der Waals surface area (Å²) in [5.74, 6) is 2.26. The van der Waals surface area contributed by atoms with E-state index >= 15 is 0 Å². The number of fused-ring (bicyclic) bond motifs is 4. The molecule has 6 rings (SSSR count). The van der Waals surface area contributed by atoms with Crippen LogP contribution in [0.3, 0.4) is 0 Å². The van der Waals surface area contributed by atoms with Crippen LogP contribution < -0.4 is 4.74 Å². The minimum Gasteiger partial charge on any atom is -0.497 e. The summed E-state index contributed by atoms with van der Waals surface area (Å²) in [4.78, 5) is 17.5. The Morgan fingerprint density at radius 1 is 1.25 bits per heavy atom. The van der Waals surface area contributed by atoms with E-state index in [0.29, 0.717) is 11.4 Å². The number of methoxy groups -OCH3 is 1. The Morgan fingerprint density at radius 2 is 2.09 bits per heavy atom. The third kappa shape index (κ3) is 3.12. The highest BCUT2D eigenvalue weighted by molar-refractivity contribution is 5.92. The zero-order chi connectivity index (χ0) is 21.9. The molecule has 32 heavy (non-hydrogen) atoms. The van der Waals surface area contributed by atoms with Gasteiger partial charge in [0.1, 0.15) is 11.3 Å². The Morgan fingerprint density at radius 3 is 2.88 bits per heavy atom. The molecule has 0 bridgehead atoms. The van der Waals surface area contributed by atoms with E-state index in [4.69, 9.17) is 4.74 Å². The van der Waals surface area contributed by atoms with Gasteiger partial charge >= 0.3 is 0 Å². The number of ether oxygens (including phenoxy) is 1. The van der Waals surface area contributed by atoms with Crippen LogP contribution >= 0.6 is 0 Å². The van der Waals surface area contributed by atoms with Gasteiger partial charge in [0.2, 0.25) is 0 Å². The van der Waals surface area contributed by atoms with Crippen LogP contribution in [-0.4, -0.2) is 41.6 Å². The first kappa shape index (κ1) is 19.8. The first-order chi connectivity index (χ1) is 15.6. The maximum Gasteiger partial charge on any atom is 0.293 e. The van der Waals surface area contributed by atoms with E-state index in [1.165, 1.54) is 36.2 Å². The summed E-state index contributed by atoms with van der Waals surface area (Å²) < 4.78 is 5.57. The molecular formula is C26H29N3O3. The van der Waals surface area contributed by atoms with Gasteiger partial charge in [0.25, 0.3) is 5.69 Å². The Hall–Kier alpha value is -2.86. The largest absolute Gasteiger partial charge is 0.497 e. The van der Waals surface area contributed by atoms with E-state index < -0.39 is 0 Å². The van der Waals surface area contributed by atoms with E-state index in [2.05, 4.69) is 28.1 Å². The van der Waals surface area contributed by atoms with Crippen molar-refractivity contribution in [1.29, 1.82) is 0 Å². The van der Waals surface area contributed by atoms with Gasteiger partial charge in [-0.1, -0.05) is 24.3 Å². The maximum atomic E-state index is 11.7. The number of aromatic nitrogens is 1. The number of piperidine rings is 1. The molecule has 0 radical (unpaired) electrons. The predicted molar refractivity (Wildman–Crippen MR) is 124 cm³/mol. The number of nitro groups is 1. The first-order valence-electron chi connectivity index (χ1n) is 11.7. The number of hydrogen-bond acceptors (Lipinski definition) is 4. The summed E-state index contributed by atoms with van der Waals surface area (Å²) in [5.41, 5.74) is 4.66. The van der Waals surface area contributed by atoms with Crippen molar-refractivity contribution in [2.24, 2.45) is 11.8 Å². The quantitative estimate of drug-likeness (QED) is 0.463. The third-order valence-electron chi connectivity index (χ3n) is 8.14. The fraction of sp³-hybridized carbons (Fsp3) is 0.462. The van der Waals surface area contributed by atoms with E-state index in [1.807, 2.05) is 18.2 Å². The van der Waals surface area contributed by atoms with Crippen LogP contribution in [0.25, 0.3) is 10.9 Å². The van der Waals surface area contributed by atoms with Crippen molar-refractivity contribution in [3.05, 3.63) is 69.4 Å². The van der Waals surface area contributed by atoms with Gasteiger partial charge < -0.3 is 14.6 Å². The molecule has 6 nitrogen and oxygen atoms in total. The summed E-state index contributed by atoms with van der Waals surface area (Å²) in [6, 6.07) is 14.0. The monoisotopic (exact) mass is 431 g/mol. The Balaban J connectivity index is 1.46. The lowest BCUT2D eigenvalue weighted by atomic mass is 9.58. The summed E-state index contributed by atoms with van der Waals surface area (Å²) in [5, 5.41) is 12.7. The third-order valence-corrected chi connectivity index (χ3v) is 8.14. The van der Waals surface area contributed by atoms with Gasteiger partial charge in [-0.2, -0.15) is 0 Å². The maximum absolute atomic E-state index is 11.7. The highest BCUT2D eigenvalue weighted by Gasteiger charge is 2.48. The summed E-state index contributed by atoms with van der Waals surface area (Å²) >= 11 is 0. The lowest BCUT2D eigenvalue weighted by molar-refractivity contribution is -0.383. The molecule has 1 aliphatic heterocycles. The molecule has 0 amide bonds. The van der Waals surface area contributed by atoms with Crippen LogP contribution in [0.4, 0.5) is 5.69 Å². The molecule has 2 heterocycles. The van der Waals surface area contributed by atoms with Crippen molar-refractivity contribution in [2.45, 2.75) is 37.5 Å². The molecule has 1 aromatic heterocycles. The van der Waals surface area contributed by atoms with Crippen LogP contribution in [0, 0.1) is 22.0 Å². The SMILES string of the molecule is COc1cccc(C23CCN(CC4CC4)CC2Cc2c([nH]c4c([N+](=O)[O-])cccc24)C3)c1. The van der Waals surface area contributed by atoms with Crippen molar-refractivity contribution in [2.75, 3.05) is 26.7 Å². The molecule has 0 spiro atoms. The van der Waals surface area contributed by atoms with E-state index in [9.17, 15) is 10.1 Å². The molecule has 2 fully saturated rings. The highest BCUT2D eigenvalue weighted by Crippen LogP contribution is 2.50. The number of para-hydroxylation sites is 1. The zero-order valence-corrected chi connectivity index (χ0v) is 18.5. The number of hydrogen-bond donors (Lipinski definition) is 1. The summed E-state index contributed by atoms with van der Waals surface area (Å²) in [7, 11) is 1.72. The number of nitro benzene ring substituents is 1. The fourth-order valence-corrected chi connectivity index (χ4v) is 6.29. The van der Waals surface area contributed by atoms with E-state index in [-0.39, 0.29) is 16.0 Å². The average molecular weight is 432 g/mol. The number of benzene rings is 2. The van der Waals surface area contributed by atoms with Gasteiger partial charge in [0.05, 0.1) is 12.0 Å². The lowest BCUT2D eigenvalue weighted by Gasteiger charge is -2.51. The molecule has 3 aromatic rings. The second-order valence-corrected chi connectivity index (χ2v) is 9.96. The van der Waals surface area contributed by atoms with E-state index in [1.54, 1.807) is 13.2 Å². The molecule has 6 heteroatoms. The fourth-order valence-electron chi connectivity index (χ4n) is 6.29. The second kappa shape index (κ2) is 7.34. The number of likely N-dealkylation sites (tertiary alicyclic amines) is 1. The Bertz CT molecular complexity index is 1200. The highest BCUT2D eigenvalue weighted by atomic mass is 16.6. The number of rotatable bonds is 5. The number of aromatic amines is 1. The average Bonchev–Trinajstić information content (AvgIpc) is 3.55. The van der Waals surface area contributed by atoms with Gasteiger partial charge in [-0.05, 0) is 73.7 Å². The molecule has 1 saturated carbocycles. The molecule has 2 atom stereocenters. The summed E-state index contributed by atoms with van der Waals surface area (Å²) in [6.07, 6.45) is 5.70. The van der Waals surface area contributed by atoms with Crippen molar-refractivity contribution in [1.82, 2.24) is 9.88 Å². The van der Waals surface area contributed by atoms with Gasteiger partial charge in [-0.25, -0.2) is 0 Å². The minimum atomic E-state index is -0.271. The van der Waals surface area contributed by atoms with Gasteiger partial charge in [0, 0.05) is 35.7 Å². The summed E-state index contributed by atoms with van der Waals surface area (Å²) in [6.45, 7) is 3.42. The molecule has 2 aliphatic carbocycles. The molecule has 1 N–H and O–H groups in total. The van der Waals surface area contributed by atoms with Gasteiger partial charge in [-0.3, -0.25) is 10.1 Å². The molecule has 2 unspecified atom stereocenters. The first-order valence-corrected chi connectivity index (χ1v) is 11.7. The second-order valence-electron chi connectivity index (χ2n) is 9.96. The number of nitrogens with one attached hydrogen (secondary N) is 1. The Kier molecular flexibility index (Phi) is 4.54. The minimum absolute atomic E-state index is 0.0250. The van der Waals surface area contributed by atoms with Crippen molar-refractivity contribution < 1.29 is 9.66 Å². The van der Waals surface area contributed by atoms with Crippen LogP contribution in [0.2, 0.25) is 0 Å². The zero-order valence-electron chi connectivity index (χ0n) is 18.5. The van der Waals surface area contributed by atoms with Crippen LogP contribution in [0.1, 0.15) is 36.1 Å². The van der Waals surface area contributed by atoms with Crippen LogP contribution in [0.15, 0.2) is 42.5 Å². The molecule has 1 saturated heterocycles. The number of nitrogens with zero attached hydrogens (tertiary/aromatic N) is 2. The lowest BCUT2D eigenvalue weighted by Crippen LogP contribution is -2.54.